The molecule has 8 nitrogen and oxygen atoms in total. The summed E-state index contributed by atoms with van der Waals surface area (Å²) < 4.78 is 12.6. The third kappa shape index (κ3) is 6.28. The van der Waals surface area contributed by atoms with Crippen LogP contribution in [0.15, 0.2) is 35.4 Å². The van der Waals surface area contributed by atoms with E-state index >= 15 is 0 Å². The smallest absolute Gasteiger partial charge is 0.338 e. The first-order valence-corrected chi connectivity index (χ1v) is 20.8. The van der Waals surface area contributed by atoms with E-state index in [0.29, 0.717) is 35.4 Å². The molecule has 4 fully saturated rings. The van der Waals surface area contributed by atoms with Gasteiger partial charge in [0.2, 0.25) is 0 Å². The van der Waals surface area contributed by atoms with Gasteiger partial charge in [0.05, 0.1) is 17.4 Å². The molecule has 0 aromatic heterocycles. The highest BCUT2D eigenvalue weighted by Crippen LogP contribution is 2.77. The van der Waals surface area contributed by atoms with Crippen molar-refractivity contribution in [1.29, 1.82) is 0 Å². The zero-order valence-electron chi connectivity index (χ0n) is 34.3. The van der Waals surface area contributed by atoms with Crippen molar-refractivity contribution in [3.8, 4) is 0 Å². The number of halogens is 1. The maximum Gasteiger partial charge on any atom is 0.338 e. The summed E-state index contributed by atoms with van der Waals surface area (Å²) in [6.45, 7) is 20.0. The molecule has 4 saturated carbocycles. The molecule has 6 rings (SSSR count). The Labute approximate surface area is 327 Å². The summed E-state index contributed by atoms with van der Waals surface area (Å²) in [7, 11) is 1.88. The van der Waals surface area contributed by atoms with Gasteiger partial charge in [0.15, 0.2) is 5.78 Å². The molecule has 9 atom stereocenters. The first-order chi connectivity index (χ1) is 25.1. The monoisotopic (exact) mass is 765 g/mol. The summed E-state index contributed by atoms with van der Waals surface area (Å²) in [6.07, 6.45) is 7.04. The van der Waals surface area contributed by atoms with Crippen molar-refractivity contribution in [2.45, 2.75) is 139 Å². The quantitative estimate of drug-likeness (QED) is 0.226. The van der Waals surface area contributed by atoms with Gasteiger partial charge in [-0.25, -0.2) is 4.79 Å². The molecule has 298 valence electrons. The number of ketones is 1. The van der Waals surface area contributed by atoms with Crippen molar-refractivity contribution in [3.63, 3.8) is 0 Å². The van der Waals surface area contributed by atoms with E-state index in [9.17, 15) is 24.3 Å². The number of benzene rings is 1. The molecule has 0 spiro atoms. The molecule has 1 aromatic rings. The lowest BCUT2D eigenvalue weighted by molar-refractivity contribution is -0.235. The van der Waals surface area contributed by atoms with E-state index in [2.05, 4.69) is 53.8 Å². The minimum atomic E-state index is -1.18. The molecular weight excluding hydrogens is 702 g/mol. The maximum absolute atomic E-state index is 14.3. The van der Waals surface area contributed by atoms with Crippen LogP contribution in [-0.2, 0) is 23.9 Å². The van der Waals surface area contributed by atoms with Gasteiger partial charge >= 0.3 is 17.9 Å². The Balaban J connectivity index is 1.32. The average Bonchev–Trinajstić information content (AvgIpc) is 3.39. The second kappa shape index (κ2) is 14.0. The molecule has 0 radical (unpaired) electrons. The number of carboxylic acids is 1. The number of allylic oxidation sites excluding steroid dienone is 1. The van der Waals surface area contributed by atoms with Crippen LogP contribution in [0.25, 0.3) is 0 Å². The number of fused-ring (bicyclic) bond motifs is 7. The van der Waals surface area contributed by atoms with Crippen LogP contribution in [0.2, 0.25) is 5.02 Å². The highest BCUT2D eigenvalue weighted by molar-refractivity contribution is 6.30. The number of carbonyl (C=O) groups excluding carboxylic acids is 3. The van der Waals surface area contributed by atoms with E-state index in [1.807, 2.05) is 7.05 Å². The lowest BCUT2D eigenvalue weighted by Gasteiger charge is -2.72. The van der Waals surface area contributed by atoms with Crippen LogP contribution < -0.4 is 5.32 Å². The second-order valence-electron chi connectivity index (χ2n) is 20.0. The number of nitrogens with one attached hydrogen (secondary N) is 1. The average molecular weight is 766 g/mol. The van der Waals surface area contributed by atoms with Gasteiger partial charge in [-0.3, -0.25) is 14.4 Å². The molecule has 0 aliphatic heterocycles. The van der Waals surface area contributed by atoms with Crippen LogP contribution in [0.4, 0.5) is 0 Å². The van der Waals surface area contributed by atoms with Crippen molar-refractivity contribution in [1.82, 2.24) is 5.32 Å². The summed E-state index contributed by atoms with van der Waals surface area (Å²) in [5, 5.41) is 13.5. The van der Waals surface area contributed by atoms with Gasteiger partial charge in [-0.05, 0) is 148 Å². The first kappa shape index (κ1) is 40.9. The summed E-state index contributed by atoms with van der Waals surface area (Å²) in [5.41, 5.74) is 0.663. The van der Waals surface area contributed by atoms with Gasteiger partial charge in [-0.1, -0.05) is 60.1 Å². The molecule has 0 saturated heterocycles. The summed E-state index contributed by atoms with van der Waals surface area (Å²) in [4.78, 5) is 52.8. The van der Waals surface area contributed by atoms with Crippen LogP contribution in [0, 0.1) is 56.2 Å². The van der Waals surface area contributed by atoms with Crippen LogP contribution in [-0.4, -0.2) is 54.6 Å². The number of esters is 2. The summed E-state index contributed by atoms with van der Waals surface area (Å²) >= 11 is 6.14. The summed E-state index contributed by atoms with van der Waals surface area (Å²) in [6, 6.07) is 6.80. The van der Waals surface area contributed by atoms with Gasteiger partial charge in [-0.2, -0.15) is 0 Å². The molecule has 0 amide bonds. The van der Waals surface area contributed by atoms with Gasteiger partial charge in [0.1, 0.15) is 12.2 Å². The minimum Gasteiger partial charge on any atom is -0.481 e. The van der Waals surface area contributed by atoms with Crippen molar-refractivity contribution in [2.24, 2.45) is 56.2 Å². The first-order valence-electron chi connectivity index (χ1n) is 20.4. The number of hydrogen-bond donors (Lipinski definition) is 2. The van der Waals surface area contributed by atoms with Crippen molar-refractivity contribution >= 4 is 35.3 Å². The Morgan fingerprint density at radius 3 is 2.20 bits per heavy atom. The van der Waals surface area contributed by atoms with E-state index in [0.717, 1.165) is 56.9 Å². The number of likely N-dealkylation sites (N-methyl/N-ethyl adjacent to an activating group) is 1. The largest absolute Gasteiger partial charge is 0.481 e. The fourth-order valence-corrected chi connectivity index (χ4v) is 13.3. The van der Waals surface area contributed by atoms with Gasteiger partial charge in [-0.15, -0.1) is 0 Å². The Kier molecular flexibility index (Phi) is 10.6. The Hall–Kier alpha value is -2.71. The predicted molar refractivity (Wildman–Crippen MR) is 210 cm³/mol. The molecule has 0 heterocycles. The van der Waals surface area contributed by atoms with Crippen molar-refractivity contribution in [3.05, 3.63) is 46.0 Å². The van der Waals surface area contributed by atoms with E-state index in [4.69, 9.17) is 21.1 Å². The number of rotatable bonds is 10. The number of carbonyl (C=O) groups is 4. The van der Waals surface area contributed by atoms with E-state index in [-0.39, 0.29) is 51.8 Å². The van der Waals surface area contributed by atoms with Gasteiger partial charge in [0, 0.05) is 28.8 Å². The minimum absolute atomic E-state index is 0.0116. The number of ether oxygens (including phenoxy) is 2. The second-order valence-corrected chi connectivity index (χ2v) is 20.5. The normalized spacial score (nSPS) is 36.4. The van der Waals surface area contributed by atoms with Gasteiger partial charge in [0.25, 0.3) is 0 Å². The third-order valence-electron chi connectivity index (χ3n) is 16.2. The zero-order valence-corrected chi connectivity index (χ0v) is 35.1. The number of aliphatic carboxylic acids is 1. The van der Waals surface area contributed by atoms with E-state index in [1.54, 1.807) is 38.1 Å². The van der Waals surface area contributed by atoms with Crippen molar-refractivity contribution in [2.75, 3.05) is 13.6 Å². The van der Waals surface area contributed by atoms with E-state index < -0.39 is 34.8 Å². The SMILES string of the molecule is CNC[C@H](OC(=O)c1ccc(Cl)cc1)[C@@]12CC[C@]3(C)[C@H](CC[C@@H]4[C@@]5(C)CC[C@H](OC(=O)CC(C)(C)C(=O)O)C(C)(C)[C@@H]5CC[C@]43C)C1=C(C(C)C)C(=O)C2. The lowest BCUT2D eigenvalue weighted by Crippen LogP contribution is -2.66. The van der Waals surface area contributed by atoms with E-state index in [1.165, 1.54) is 5.57 Å². The number of carboxylic acid groups (broad SMARTS) is 1. The molecule has 1 aromatic carbocycles. The van der Waals surface area contributed by atoms with Crippen LogP contribution >= 0.6 is 11.6 Å². The fraction of sp³-hybridized carbons (Fsp3) is 0.733. The van der Waals surface area contributed by atoms with Crippen LogP contribution in [0.1, 0.15) is 137 Å². The Morgan fingerprint density at radius 2 is 1.59 bits per heavy atom. The number of Topliss-reactive ketones (excluding diaryl/α,β-unsaturated/α-hetero) is 1. The van der Waals surface area contributed by atoms with Crippen LogP contribution in [0.3, 0.4) is 0 Å². The number of hydrogen-bond acceptors (Lipinski definition) is 7. The highest BCUT2D eigenvalue weighted by Gasteiger charge is 2.71. The molecular formula is C45H64ClNO7. The predicted octanol–water partition coefficient (Wildman–Crippen LogP) is 9.48. The Morgan fingerprint density at radius 1 is 0.926 bits per heavy atom. The maximum atomic E-state index is 14.3. The molecule has 9 heteroatoms. The summed E-state index contributed by atoms with van der Waals surface area (Å²) in [5.74, 6) is -0.552. The highest BCUT2D eigenvalue weighted by atomic mass is 35.5. The molecule has 0 unspecified atom stereocenters. The molecule has 2 N–H and O–H groups in total. The molecule has 5 aliphatic rings. The van der Waals surface area contributed by atoms with Crippen LogP contribution in [0.5, 0.6) is 0 Å². The Bertz CT molecular complexity index is 1710. The third-order valence-corrected chi connectivity index (χ3v) is 16.4. The van der Waals surface area contributed by atoms with Crippen molar-refractivity contribution < 1.29 is 33.8 Å². The topological polar surface area (TPSA) is 119 Å². The molecule has 54 heavy (non-hydrogen) atoms. The van der Waals surface area contributed by atoms with Gasteiger partial charge < -0.3 is 19.9 Å². The zero-order chi connectivity index (χ0) is 39.8. The molecule has 0 bridgehead atoms. The standard InChI is InChI=1S/C45H64ClNO7/c1-26(2)36-30(48)23-45(34(25-47-10)54-38(50)27-11-13-28(46)14-12-27)22-21-43(8)29(37(36)45)15-16-32-42(7)19-18-33(53-35(49)24-40(3,4)39(51)52)41(5,6)31(42)17-20-44(32,43)9/h11-14,26,29,31-34,47H,15-25H2,1-10H3,(H,51,52)/t29-,31+,32-,33+,34+,42+,43-,44-,45+/m1/s1. The fourth-order valence-electron chi connectivity index (χ4n) is 13.2. The lowest BCUT2D eigenvalue weighted by atomic mass is 9.33. The molecule has 5 aliphatic carbocycles.